The van der Waals surface area contributed by atoms with Crippen molar-refractivity contribution in [3.8, 4) is 5.75 Å². The minimum atomic E-state index is -3.58. The van der Waals surface area contributed by atoms with Crippen molar-refractivity contribution in [3.63, 3.8) is 0 Å². The van der Waals surface area contributed by atoms with Crippen LogP contribution in [0.5, 0.6) is 5.75 Å². The molecule has 0 atom stereocenters. The molecule has 2 N–H and O–H groups in total. The van der Waals surface area contributed by atoms with Gasteiger partial charge in [-0.05, 0) is 25.2 Å². The predicted molar refractivity (Wildman–Crippen MR) is 74.3 cm³/mol. The van der Waals surface area contributed by atoms with Crippen molar-refractivity contribution in [2.45, 2.75) is 4.90 Å². The van der Waals surface area contributed by atoms with Crippen LogP contribution in [0.2, 0.25) is 0 Å². The van der Waals surface area contributed by atoms with E-state index < -0.39 is 10.0 Å². The Kier molecular flexibility index (Phi) is 4.26. The fourth-order valence-corrected chi connectivity index (χ4v) is 2.99. The molecule has 0 spiro atoms. The van der Waals surface area contributed by atoms with E-state index in [4.69, 9.17) is 4.74 Å². The van der Waals surface area contributed by atoms with Crippen LogP contribution in [-0.4, -0.2) is 52.4 Å². The normalized spacial score (nSPS) is 14.7. The van der Waals surface area contributed by atoms with Crippen LogP contribution in [0, 0.1) is 0 Å². The fraction of sp³-hybridized carbons (Fsp3) is 0.417. The number of hydrogen-bond donors (Lipinski definition) is 2. The highest BCUT2D eigenvalue weighted by molar-refractivity contribution is 7.89. The highest BCUT2D eigenvalue weighted by Gasteiger charge is 2.23. The van der Waals surface area contributed by atoms with Gasteiger partial charge in [0.2, 0.25) is 10.0 Å². The number of likely N-dealkylation sites (N-methyl/N-ethyl adjacent to an activating group) is 2. The molecule has 1 aliphatic heterocycles. The van der Waals surface area contributed by atoms with E-state index in [1.54, 1.807) is 13.1 Å². The molecule has 1 aromatic carbocycles. The van der Waals surface area contributed by atoms with Crippen LogP contribution in [0.3, 0.4) is 0 Å². The Bertz CT molecular complexity index is 615. The zero-order valence-electron chi connectivity index (χ0n) is 11.3. The van der Waals surface area contributed by atoms with E-state index in [0.717, 1.165) is 0 Å². The molecule has 1 aromatic rings. The van der Waals surface area contributed by atoms with Gasteiger partial charge in [0, 0.05) is 20.1 Å². The summed E-state index contributed by atoms with van der Waals surface area (Å²) in [5.74, 6) is 0.178. The Hall–Kier alpha value is -1.64. The number of fused-ring (bicyclic) bond motifs is 1. The van der Waals surface area contributed by atoms with Gasteiger partial charge >= 0.3 is 0 Å². The van der Waals surface area contributed by atoms with Crippen molar-refractivity contribution >= 4 is 21.6 Å². The lowest BCUT2D eigenvalue weighted by Gasteiger charge is -2.21. The van der Waals surface area contributed by atoms with E-state index >= 15 is 0 Å². The van der Waals surface area contributed by atoms with Gasteiger partial charge in [0.15, 0.2) is 6.61 Å². The van der Waals surface area contributed by atoms with Crippen LogP contribution in [0.4, 0.5) is 5.69 Å². The first-order valence-corrected chi connectivity index (χ1v) is 7.57. The van der Waals surface area contributed by atoms with Crippen LogP contribution >= 0.6 is 0 Å². The highest BCUT2D eigenvalue weighted by Crippen LogP contribution is 2.30. The van der Waals surface area contributed by atoms with E-state index in [2.05, 4.69) is 10.6 Å². The molecule has 8 heteroatoms. The molecule has 110 valence electrons. The topological polar surface area (TPSA) is 87.7 Å². The first-order valence-electron chi connectivity index (χ1n) is 6.13. The standard InChI is InChI=1S/C12H17N3O4S/c1-13-5-6-15(2)20(17,18)9-3-4-11-10(7-9)14-12(16)8-19-11/h3-4,7,13H,5-6,8H2,1-2H3,(H,14,16). The lowest BCUT2D eigenvalue weighted by molar-refractivity contribution is -0.118. The molecule has 20 heavy (non-hydrogen) atoms. The van der Waals surface area contributed by atoms with Gasteiger partial charge in [-0.25, -0.2) is 8.42 Å². The van der Waals surface area contributed by atoms with Gasteiger partial charge in [-0.15, -0.1) is 0 Å². The van der Waals surface area contributed by atoms with Gasteiger partial charge in [-0.3, -0.25) is 4.79 Å². The number of carbonyl (C=O) groups is 1. The lowest BCUT2D eigenvalue weighted by atomic mass is 10.2. The molecule has 1 aliphatic rings. The van der Waals surface area contributed by atoms with Crippen molar-refractivity contribution < 1.29 is 17.9 Å². The van der Waals surface area contributed by atoms with Gasteiger partial charge < -0.3 is 15.4 Å². The number of sulfonamides is 1. The second kappa shape index (κ2) is 5.78. The number of carbonyl (C=O) groups excluding carboxylic acids is 1. The van der Waals surface area contributed by atoms with Gasteiger partial charge in [0.1, 0.15) is 5.75 Å². The van der Waals surface area contributed by atoms with E-state index in [0.29, 0.717) is 24.5 Å². The summed E-state index contributed by atoms with van der Waals surface area (Å²) in [4.78, 5) is 11.4. The first-order chi connectivity index (χ1) is 9.45. The molecule has 0 unspecified atom stereocenters. The van der Waals surface area contributed by atoms with Crippen LogP contribution < -0.4 is 15.4 Å². The Labute approximate surface area is 118 Å². The van der Waals surface area contributed by atoms with E-state index in [1.165, 1.54) is 23.5 Å². The molecular weight excluding hydrogens is 282 g/mol. The minimum Gasteiger partial charge on any atom is -0.482 e. The number of nitrogens with zero attached hydrogens (tertiary/aromatic N) is 1. The van der Waals surface area contributed by atoms with E-state index in [9.17, 15) is 13.2 Å². The Morgan fingerprint density at radius 1 is 1.45 bits per heavy atom. The van der Waals surface area contributed by atoms with Crippen molar-refractivity contribution in [3.05, 3.63) is 18.2 Å². The van der Waals surface area contributed by atoms with Gasteiger partial charge in [-0.2, -0.15) is 4.31 Å². The van der Waals surface area contributed by atoms with E-state index in [-0.39, 0.29) is 17.4 Å². The van der Waals surface area contributed by atoms with E-state index in [1.807, 2.05) is 0 Å². The third kappa shape index (κ3) is 2.92. The Morgan fingerprint density at radius 2 is 2.20 bits per heavy atom. The number of nitrogens with one attached hydrogen (secondary N) is 2. The molecule has 0 aliphatic carbocycles. The van der Waals surface area contributed by atoms with Crippen LogP contribution in [-0.2, 0) is 14.8 Å². The molecule has 1 heterocycles. The highest BCUT2D eigenvalue weighted by atomic mass is 32.2. The maximum absolute atomic E-state index is 12.3. The molecule has 0 bridgehead atoms. The fourth-order valence-electron chi connectivity index (χ4n) is 1.79. The number of benzene rings is 1. The molecular formula is C12H17N3O4S. The van der Waals surface area contributed by atoms with Crippen molar-refractivity contribution in [1.29, 1.82) is 0 Å². The largest absolute Gasteiger partial charge is 0.482 e. The predicted octanol–water partition coefficient (Wildman–Crippen LogP) is -0.143. The van der Waals surface area contributed by atoms with Gasteiger partial charge in [0.05, 0.1) is 10.6 Å². The molecule has 2 rings (SSSR count). The molecule has 0 saturated heterocycles. The monoisotopic (exact) mass is 299 g/mol. The summed E-state index contributed by atoms with van der Waals surface area (Å²) in [7, 11) is -0.304. The van der Waals surface area contributed by atoms with Crippen LogP contribution in [0.15, 0.2) is 23.1 Å². The molecule has 7 nitrogen and oxygen atoms in total. The Morgan fingerprint density at radius 3 is 2.90 bits per heavy atom. The summed E-state index contributed by atoms with van der Waals surface area (Å²) in [6.45, 7) is 0.862. The number of hydrogen-bond acceptors (Lipinski definition) is 5. The minimum absolute atomic E-state index is 0.0544. The Balaban J connectivity index is 2.28. The summed E-state index contributed by atoms with van der Waals surface area (Å²) in [5, 5.41) is 5.49. The third-order valence-corrected chi connectivity index (χ3v) is 4.82. The average molecular weight is 299 g/mol. The second-order valence-corrected chi connectivity index (χ2v) is 6.47. The summed E-state index contributed by atoms with van der Waals surface area (Å²) in [6, 6.07) is 4.44. The molecule has 0 aromatic heterocycles. The quantitative estimate of drug-likeness (QED) is 0.790. The molecule has 0 radical (unpaired) electrons. The first kappa shape index (κ1) is 14.8. The third-order valence-electron chi connectivity index (χ3n) is 2.97. The van der Waals surface area contributed by atoms with Crippen molar-refractivity contribution in [2.75, 3.05) is 39.1 Å². The van der Waals surface area contributed by atoms with Crippen molar-refractivity contribution in [2.24, 2.45) is 0 Å². The lowest BCUT2D eigenvalue weighted by Crippen LogP contribution is -2.33. The zero-order valence-corrected chi connectivity index (χ0v) is 12.2. The molecule has 0 fully saturated rings. The SMILES string of the molecule is CNCCN(C)S(=O)(=O)c1ccc2c(c1)NC(=O)CO2. The number of ether oxygens (including phenoxy) is 1. The zero-order chi connectivity index (χ0) is 14.8. The maximum Gasteiger partial charge on any atom is 0.262 e. The summed E-state index contributed by atoms with van der Waals surface area (Å²) in [6.07, 6.45) is 0. The summed E-state index contributed by atoms with van der Waals surface area (Å²) >= 11 is 0. The van der Waals surface area contributed by atoms with Gasteiger partial charge in [0.25, 0.3) is 5.91 Å². The van der Waals surface area contributed by atoms with Gasteiger partial charge in [-0.1, -0.05) is 0 Å². The average Bonchev–Trinajstić information content (AvgIpc) is 2.43. The van der Waals surface area contributed by atoms with Crippen molar-refractivity contribution in [1.82, 2.24) is 9.62 Å². The number of anilines is 1. The van der Waals surface area contributed by atoms with Crippen LogP contribution in [0.25, 0.3) is 0 Å². The number of amides is 1. The summed E-state index contributed by atoms with van der Waals surface area (Å²) in [5.41, 5.74) is 0.379. The molecule has 0 saturated carbocycles. The summed E-state index contributed by atoms with van der Waals surface area (Å²) < 4.78 is 31.2. The molecule has 1 amide bonds. The second-order valence-electron chi connectivity index (χ2n) is 4.42. The van der Waals surface area contributed by atoms with Crippen LogP contribution in [0.1, 0.15) is 0 Å². The number of rotatable bonds is 5. The smallest absolute Gasteiger partial charge is 0.262 e. The maximum atomic E-state index is 12.3.